The van der Waals surface area contributed by atoms with Gasteiger partial charge in [-0.3, -0.25) is 14.4 Å². The summed E-state index contributed by atoms with van der Waals surface area (Å²) in [5.41, 5.74) is 0. The Bertz CT molecular complexity index is 362. The second-order valence-electron chi connectivity index (χ2n) is 5.17. The van der Waals surface area contributed by atoms with E-state index in [9.17, 15) is 14.4 Å². The Labute approximate surface area is 164 Å². The van der Waals surface area contributed by atoms with Gasteiger partial charge in [0.1, 0.15) is 13.2 Å². The van der Waals surface area contributed by atoms with Gasteiger partial charge < -0.3 is 24.8 Å². The van der Waals surface area contributed by atoms with Crippen LogP contribution in [0.25, 0.3) is 0 Å². The molecule has 162 valence electrons. The van der Waals surface area contributed by atoms with Crippen LogP contribution < -0.4 is 10.6 Å². The van der Waals surface area contributed by atoms with Crippen molar-refractivity contribution >= 4 is 17.6 Å². The minimum absolute atomic E-state index is 0.0345. The zero-order chi connectivity index (χ0) is 21.5. The zero-order valence-electron chi connectivity index (χ0n) is 18.2. The topological polar surface area (TPSA) is 103 Å². The molecule has 0 fully saturated rings. The van der Waals surface area contributed by atoms with Gasteiger partial charge in [0.15, 0.2) is 5.78 Å². The Balaban J connectivity index is -0.00000134. The standard InChI is InChI=1S/C15H28N2O6.2C2H6/c1-12(2)13(18)10-22-8-6-17-15(20)11-23-9-5-16-14(19)4-7-21-3;2*1-2/h12H,4-11H2,1-3H3,(H,16,19)(H,17,20);2*1-2H3. The fourth-order valence-electron chi connectivity index (χ4n) is 1.36. The molecule has 2 amide bonds. The molecule has 0 rings (SSSR count). The summed E-state index contributed by atoms with van der Waals surface area (Å²) in [6.45, 7) is 13.2. The third-order valence-corrected chi connectivity index (χ3v) is 2.79. The van der Waals surface area contributed by atoms with Gasteiger partial charge in [-0.05, 0) is 0 Å². The lowest BCUT2D eigenvalue weighted by Crippen LogP contribution is -2.33. The van der Waals surface area contributed by atoms with Gasteiger partial charge in [0.05, 0.1) is 19.8 Å². The maximum Gasteiger partial charge on any atom is 0.246 e. The third-order valence-electron chi connectivity index (χ3n) is 2.79. The lowest BCUT2D eigenvalue weighted by atomic mass is 10.1. The van der Waals surface area contributed by atoms with Gasteiger partial charge in [-0.1, -0.05) is 41.5 Å². The van der Waals surface area contributed by atoms with Crippen molar-refractivity contribution in [2.45, 2.75) is 48.0 Å². The Morgan fingerprint density at radius 1 is 0.778 bits per heavy atom. The smallest absolute Gasteiger partial charge is 0.246 e. The molecule has 0 atom stereocenters. The second-order valence-corrected chi connectivity index (χ2v) is 5.17. The lowest BCUT2D eigenvalue weighted by Gasteiger charge is -2.08. The fourth-order valence-corrected chi connectivity index (χ4v) is 1.36. The number of ketones is 1. The molecule has 8 heteroatoms. The van der Waals surface area contributed by atoms with Crippen LogP contribution >= 0.6 is 0 Å². The van der Waals surface area contributed by atoms with E-state index < -0.39 is 0 Å². The SMILES string of the molecule is CC.CC.COCCC(=O)NCCOCC(=O)NCCOCC(=O)C(C)C. The first kappa shape index (κ1) is 30.2. The number of hydrogen-bond acceptors (Lipinski definition) is 6. The van der Waals surface area contributed by atoms with Gasteiger partial charge in [0.2, 0.25) is 11.8 Å². The summed E-state index contributed by atoms with van der Waals surface area (Å²) >= 11 is 0. The molecule has 0 radical (unpaired) electrons. The van der Waals surface area contributed by atoms with E-state index in [4.69, 9.17) is 14.2 Å². The number of methoxy groups -OCH3 is 1. The highest BCUT2D eigenvalue weighted by atomic mass is 16.5. The van der Waals surface area contributed by atoms with Crippen LogP contribution in [0.2, 0.25) is 0 Å². The Morgan fingerprint density at radius 2 is 1.26 bits per heavy atom. The van der Waals surface area contributed by atoms with Gasteiger partial charge in [-0.2, -0.15) is 0 Å². The molecule has 0 bridgehead atoms. The van der Waals surface area contributed by atoms with Crippen molar-refractivity contribution in [3.63, 3.8) is 0 Å². The molecule has 0 spiro atoms. The summed E-state index contributed by atoms with van der Waals surface area (Å²) in [4.78, 5) is 33.9. The molecule has 0 saturated carbocycles. The molecule has 0 aliphatic heterocycles. The van der Waals surface area contributed by atoms with Crippen molar-refractivity contribution in [2.24, 2.45) is 5.92 Å². The van der Waals surface area contributed by atoms with Crippen molar-refractivity contribution in [1.29, 1.82) is 0 Å². The van der Waals surface area contributed by atoms with Crippen LogP contribution in [0.1, 0.15) is 48.0 Å². The van der Waals surface area contributed by atoms with Gasteiger partial charge >= 0.3 is 0 Å². The fraction of sp³-hybridized carbons (Fsp3) is 0.842. The molecule has 0 aliphatic rings. The highest BCUT2D eigenvalue weighted by Gasteiger charge is 2.07. The lowest BCUT2D eigenvalue weighted by molar-refractivity contribution is -0.127. The van der Waals surface area contributed by atoms with Crippen LogP contribution in [0.4, 0.5) is 0 Å². The highest BCUT2D eigenvalue weighted by molar-refractivity contribution is 5.81. The number of ether oxygens (including phenoxy) is 3. The Kier molecular flexibility index (Phi) is 27.4. The maximum atomic E-state index is 11.4. The molecule has 0 unspecified atom stereocenters. The molecule has 8 nitrogen and oxygen atoms in total. The summed E-state index contributed by atoms with van der Waals surface area (Å²) in [5.74, 6) is -0.400. The molecule has 0 aliphatic carbocycles. The van der Waals surface area contributed by atoms with E-state index in [0.29, 0.717) is 26.1 Å². The number of carbonyl (C=O) groups excluding carboxylic acids is 3. The molecular formula is C19H40N2O6. The second kappa shape index (κ2) is 24.5. The van der Waals surface area contributed by atoms with E-state index >= 15 is 0 Å². The summed E-state index contributed by atoms with van der Waals surface area (Å²) in [6, 6.07) is 0. The molecule has 0 aromatic heterocycles. The Morgan fingerprint density at radius 3 is 1.74 bits per heavy atom. The number of rotatable bonds is 14. The molecule has 0 aromatic carbocycles. The van der Waals surface area contributed by atoms with E-state index in [1.54, 1.807) is 0 Å². The molecule has 0 aromatic rings. The predicted octanol–water partition coefficient (Wildman–Crippen LogP) is 1.57. The number of amides is 2. The van der Waals surface area contributed by atoms with Crippen LogP contribution in [-0.4, -0.2) is 70.8 Å². The number of hydrogen-bond donors (Lipinski definition) is 2. The zero-order valence-corrected chi connectivity index (χ0v) is 18.2. The van der Waals surface area contributed by atoms with Crippen LogP contribution in [0.3, 0.4) is 0 Å². The first-order valence-electron chi connectivity index (χ1n) is 9.68. The molecule has 2 N–H and O–H groups in total. The number of nitrogens with one attached hydrogen (secondary N) is 2. The first-order chi connectivity index (χ1) is 13.0. The molecule has 0 saturated heterocycles. The predicted molar refractivity (Wildman–Crippen MR) is 107 cm³/mol. The van der Waals surface area contributed by atoms with E-state index in [0.717, 1.165) is 0 Å². The highest BCUT2D eigenvalue weighted by Crippen LogP contribution is 1.93. The van der Waals surface area contributed by atoms with Crippen LogP contribution in [-0.2, 0) is 28.6 Å². The van der Waals surface area contributed by atoms with E-state index in [-0.39, 0.29) is 49.9 Å². The largest absolute Gasteiger partial charge is 0.384 e. The van der Waals surface area contributed by atoms with Gasteiger partial charge in [-0.15, -0.1) is 0 Å². The summed E-state index contributed by atoms with van der Waals surface area (Å²) < 4.78 is 15.0. The molecule has 27 heavy (non-hydrogen) atoms. The van der Waals surface area contributed by atoms with Crippen LogP contribution in [0.15, 0.2) is 0 Å². The van der Waals surface area contributed by atoms with Crippen molar-refractivity contribution < 1.29 is 28.6 Å². The van der Waals surface area contributed by atoms with E-state index in [2.05, 4.69) is 10.6 Å². The summed E-state index contributed by atoms with van der Waals surface area (Å²) in [6.07, 6.45) is 0.302. The summed E-state index contributed by atoms with van der Waals surface area (Å²) in [5, 5.41) is 5.25. The monoisotopic (exact) mass is 392 g/mol. The minimum Gasteiger partial charge on any atom is -0.384 e. The van der Waals surface area contributed by atoms with Crippen molar-refractivity contribution in [3.05, 3.63) is 0 Å². The summed E-state index contributed by atoms with van der Waals surface area (Å²) in [7, 11) is 1.53. The van der Waals surface area contributed by atoms with E-state index in [1.807, 2.05) is 41.5 Å². The maximum absolute atomic E-state index is 11.4. The first-order valence-corrected chi connectivity index (χ1v) is 9.68. The van der Waals surface area contributed by atoms with Crippen molar-refractivity contribution in [1.82, 2.24) is 10.6 Å². The third kappa shape index (κ3) is 24.5. The molecular weight excluding hydrogens is 352 g/mol. The van der Waals surface area contributed by atoms with E-state index in [1.165, 1.54) is 7.11 Å². The number of Topliss-reactive ketones (excluding diaryl/α,β-unsaturated/α-hetero) is 1. The van der Waals surface area contributed by atoms with Crippen molar-refractivity contribution in [2.75, 3.05) is 53.2 Å². The number of carbonyl (C=O) groups is 3. The average Bonchev–Trinajstić information content (AvgIpc) is 2.68. The van der Waals surface area contributed by atoms with Gasteiger partial charge in [0.25, 0.3) is 0 Å². The van der Waals surface area contributed by atoms with Crippen LogP contribution in [0, 0.1) is 5.92 Å². The quantitative estimate of drug-likeness (QED) is 0.435. The normalized spacial score (nSPS) is 9.48. The Hall–Kier alpha value is -1.51. The van der Waals surface area contributed by atoms with Crippen molar-refractivity contribution in [3.8, 4) is 0 Å². The van der Waals surface area contributed by atoms with Gasteiger partial charge in [-0.25, -0.2) is 0 Å². The average molecular weight is 393 g/mol. The van der Waals surface area contributed by atoms with Gasteiger partial charge in [0, 0.05) is 32.5 Å². The van der Waals surface area contributed by atoms with Crippen LogP contribution in [0.5, 0.6) is 0 Å². The molecule has 0 heterocycles. The minimum atomic E-state index is -0.269.